The van der Waals surface area contributed by atoms with E-state index < -0.39 is 15.9 Å². The van der Waals surface area contributed by atoms with Gasteiger partial charge in [-0.1, -0.05) is 13.8 Å². The van der Waals surface area contributed by atoms with E-state index in [9.17, 15) is 23.1 Å². The molecule has 3 N–H and O–H groups in total. The monoisotopic (exact) mass is 483 g/mol. The maximum Gasteiger partial charge on any atom is 0.266 e. The lowest BCUT2D eigenvalue weighted by Crippen LogP contribution is -2.58. The van der Waals surface area contributed by atoms with Crippen molar-refractivity contribution in [2.75, 3.05) is 12.3 Å². The van der Waals surface area contributed by atoms with Gasteiger partial charge in [0.1, 0.15) is 5.78 Å². The van der Waals surface area contributed by atoms with Gasteiger partial charge < -0.3 is 10.4 Å². The standard InChI is InChI=1S/C25H41NO6S/c1-24-11-9-20-23(21(28)15-17-14-18(27)8-10-25(17,20)2)19(24)7-6-16(24)4-3-5-22(29)26-12-13-33(30,31)32/h16-17,19-21,23,28H,3-15H2,1-2H3,(H,26,29)(H,30,31,32). The molecule has 4 rings (SSSR count). The molecule has 0 radical (unpaired) electrons. The Bertz CT molecular complexity index is 874. The van der Waals surface area contributed by atoms with Crippen LogP contribution in [0.4, 0.5) is 0 Å². The molecule has 0 bridgehead atoms. The van der Waals surface area contributed by atoms with E-state index in [4.69, 9.17) is 4.55 Å². The highest BCUT2D eigenvalue weighted by molar-refractivity contribution is 7.85. The number of hydrogen-bond donors (Lipinski definition) is 3. The van der Waals surface area contributed by atoms with E-state index in [0.717, 1.165) is 51.4 Å². The van der Waals surface area contributed by atoms with Crippen LogP contribution in [0.15, 0.2) is 0 Å². The maximum absolute atomic E-state index is 12.1. The average Bonchev–Trinajstić information content (AvgIpc) is 3.05. The summed E-state index contributed by atoms with van der Waals surface area (Å²) in [6.45, 7) is 4.74. The van der Waals surface area contributed by atoms with Crippen LogP contribution in [0, 0.1) is 40.4 Å². The largest absolute Gasteiger partial charge is 0.393 e. The fraction of sp³-hybridized carbons (Fsp3) is 0.920. The van der Waals surface area contributed by atoms with Gasteiger partial charge in [-0.15, -0.1) is 0 Å². The Morgan fingerprint density at radius 3 is 2.58 bits per heavy atom. The minimum absolute atomic E-state index is 0.0623. The number of aliphatic hydroxyl groups excluding tert-OH is 1. The van der Waals surface area contributed by atoms with E-state index in [-0.39, 0.29) is 29.4 Å². The summed E-state index contributed by atoms with van der Waals surface area (Å²) in [5.41, 5.74) is 0.370. The number of hydrogen-bond acceptors (Lipinski definition) is 5. The van der Waals surface area contributed by atoms with Gasteiger partial charge >= 0.3 is 0 Å². The number of carbonyl (C=O) groups is 2. The van der Waals surface area contributed by atoms with Crippen molar-refractivity contribution in [1.29, 1.82) is 0 Å². The van der Waals surface area contributed by atoms with Crippen LogP contribution in [0.25, 0.3) is 0 Å². The van der Waals surface area contributed by atoms with E-state index in [1.54, 1.807) is 0 Å². The molecule has 1 amide bonds. The highest BCUT2D eigenvalue weighted by Crippen LogP contribution is 2.67. The zero-order chi connectivity index (χ0) is 24.0. The molecule has 8 unspecified atom stereocenters. The highest BCUT2D eigenvalue weighted by Gasteiger charge is 2.62. The first-order chi connectivity index (χ1) is 15.4. The van der Waals surface area contributed by atoms with Gasteiger partial charge in [0.25, 0.3) is 10.1 Å². The van der Waals surface area contributed by atoms with E-state index >= 15 is 0 Å². The molecule has 0 aliphatic heterocycles. The van der Waals surface area contributed by atoms with Crippen molar-refractivity contribution in [3.05, 3.63) is 0 Å². The zero-order valence-electron chi connectivity index (χ0n) is 20.1. The Morgan fingerprint density at radius 2 is 1.85 bits per heavy atom. The van der Waals surface area contributed by atoms with Crippen LogP contribution in [0.3, 0.4) is 0 Å². The van der Waals surface area contributed by atoms with Crippen LogP contribution in [-0.2, 0) is 19.7 Å². The number of carbonyl (C=O) groups excluding carboxylic acids is 2. The molecule has 33 heavy (non-hydrogen) atoms. The maximum atomic E-state index is 12.1. The third-order valence-electron chi connectivity index (χ3n) is 10.3. The summed E-state index contributed by atoms with van der Waals surface area (Å²) in [4.78, 5) is 24.1. The lowest BCUT2D eigenvalue weighted by molar-refractivity contribution is -0.167. The zero-order valence-corrected chi connectivity index (χ0v) is 20.9. The molecule has 4 saturated carbocycles. The first-order valence-electron chi connectivity index (χ1n) is 12.9. The second-order valence-corrected chi connectivity index (χ2v) is 13.5. The number of nitrogens with one attached hydrogen (secondary N) is 1. The lowest BCUT2D eigenvalue weighted by Gasteiger charge is -2.61. The molecule has 7 nitrogen and oxygen atoms in total. The van der Waals surface area contributed by atoms with Gasteiger partial charge in [0, 0.05) is 25.8 Å². The van der Waals surface area contributed by atoms with Crippen molar-refractivity contribution in [3.63, 3.8) is 0 Å². The summed E-state index contributed by atoms with van der Waals surface area (Å²) < 4.78 is 30.3. The van der Waals surface area contributed by atoms with Gasteiger partial charge in [-0.3, -0.25) is 14.1 Å². The normalized spacial score (nSPS) is 42.8. The fourth-order valence-corrected chi connectivity index (χ4v) is 8.87. The summed E-state index contributed by atoms with van der Waals surface area (Å²) >= 11 is 0. The van der Waals surface area contributed by atoms with Gasteiger partial charge in [0.15, 0.2) is 0 Å². The molecule has 188 valence electrons. The molecule has 8 heteroatoms. The van der Waals surface area contributed by atoms with Gasteiger partial charge in [0.05, 0.1) is 11.9 Å². The Hall–Kier alpha value is -0.990. The van der Waals surface area contributed by atoms with Crippen LogP contribution in [-0.4, -0.2) is 48.2 Å². The fourth-order valence-electron chi connectivity index (χ4n) is 8.51. The Kier molecular flexibility index (Phi) is 7.02. The number of aliphatic hydroxyl groups is 1. The molecule has 0 saturated heterocycles. The van der Waals surface area contributed by atoms with Crippen molar-refractivity contribution in [1.82, 2.24) is 5.32 Å². The molecule has 4 aliphatic carbocycles. The molecule has 4 fully saturated rings. The molecule has 0 aromatic heterocycles. The SMILES string of the molecule is CC12CCC3C(C(O)CC4CC(=O)CCC43C)C1CCC2CCCC(=O)NCCS(=O)(=O)O. The van der Waals surface area contributed by atoms with Crippen LogP contribution in [0.5, 0.6) is 0 Å². The molecular formula is C25H41NO6S. The summed E-state index contributed by atoms with van der Waals surface area (Å²) in [6, 6.07) is 0. The van der Waals surface area contributed by atoms with Crippen LogP contribution in [0.2, 0.25) is 0 Å². The predicted molar refractivity (Wildman–Crippen MR) is 125 cm³/mol. The van der Waals surface area contributed by atoms with Crippen molar-refractivity contribution >= 4 is 21.8 Å². The number of rotatable bonds is 7. The molecule has 4 aliphatic rings. The minimum Gasteiger partial charge on any atom is -0.393 e. The lowest BCUT2D eigenvalue weighted by atomic mass is 9.44. The van der Waals surface area contributed by atoms with Gasteiger partial charge in [-0.25, -0.2) is 0 Å². The molecular weight excluding hydrogens is 442 g/mol. The molecule has 0 aromatic carbocycles. The Balaban J connectivity index is 1.35. The molecule has 0 aromatic rings. The smallest absolute Gasteiger partial charge is 0.266 e. The number of ketones is 1. The first kappa shape index (κ1) is 25.1. The molecule has 0 spiro atoms. The first-order valence-corrected chi connectivity index (χ1v) is 14.5. The Labute approximate surface area is 198 Å². The quantitative estimate of drug-likeness (QED) is 0.478. The second kappa shape index (κ2) is 9.23. The number of fused-ring (bicyclic) bond motifs is 5. The molecule has 0 heterocycles. The third-order valence-corrected chi connectivity index (χ3v) is 11.1. The van der Waals surface area contributed by atoms with E-state index in [1.807, 2.05) is 0 Å². The highest BCUT2D eigenvalue weighted by atomic mass is 32.2. The summed E-state index contributed by atoms with van der Waals surface area (Å²) in [7, 11) is -4.06. The van der Waals surface area contributed by atoms with Crippen LogP contribution >= 0.6 is 0 Å². The van der Waals surface area contributed by atoms with Crippen molar-refractivity contribution in [2.24, 2.45) is 40.4 Å². The topological polar surface area (TPSA) is 121 Å². The second-order valence-electron chi connectivity index (χ2n) is 11.9. The van der Waals surface area contributed by atoms with Crippen molar-refractivity contribution in [3.8, 4) is 0 Å². The molecule has 8 atom stereocenters. The summed E-state index contributed by atoms with van der Waals surface area (Å²) in [5, 5.41) is 13.8. The number of amides is 1. The minimum atomic E-state index is -4.06. The number of Topliss-reactive ketones (excluding diaryl/α,β-unsaturated/α-hetero) is 1. The Morgan fingerprint density at radius 1 is 1.12 bits per heavy atom. The average molecular weight is 484 g/mol. The van der Waals surface area contributed by atoms with Gasteiger partial charge in [-0.05, 0) is 91.8 Å². The van der Waals surface area contributed by atoms with Crippen molar-refractivity contribution < 1.29 is 27.7 Å². The van der Waals surface area contributed by atoms with E-state index in [1.165, 1.54) is 0 Å². The third kappa shape index (κ3) is 4.90. The van der Waals surface area contributed by atoms with Crippen LogP contribution in [0.1, 0.15) is 84.5 Å². The van der Waals surface area contributed by atoms with E-state index in [2.05, 4.69) is 19.2 Å². The van der Waals surface area contributed by atoms with Crippen LogP contribution < -0.4 is 5.32 Å². The summed E-state index contributed by atoms with van der Waals surface area (Å²) in [6.07, 6.45) is 9.45. The van der Waals surface area contributed by atoms with Gasteiger partial charge in [-0.2, -0.15) is 8.42 Å². The summed E-state index contributed by atoms with van der Waals surface area (Å²) in [5.74, 6) is 1.95. The van der Waals surface area contributed by atoms with E-state index in [0.29, 0.717) is 54.6 Å². The van der Waals surface area contributed by atoms with Gasteiger partial charge in [0.2, 0.25) is 5.91 Å². The predicted octanol–water partition coefficient (Wildman–Crippen LogP) is 3.36. The van der Waals surface area contributed by atoms with Crippen molar-refractivity contribution in [2.45, 2.75) is 90.6 Å².